The molecule has 1 amide bonds. The molecule has 1 rings (SSSR count). The van der Waals surface area contributed by atoms with Crippen LogP contribution in [0.15, 0.2) is 0 Å². The van der Waals surface area contributed by atoms with Gasteiger partial charge in [0.15, 0.2) is 0 Å². The molecule has 1 aliphatic heterocycles. The lowest BCUT2D eigenvalue weighted by Crippen LogP contribution is -2.48. The molecule has 0 aromatic heterocycles. The first-order chi connectivity index (χ1) is 9.38. The van der Waals surface area contributed by atoms with Crippen LogP contribution in [0, 0.1) is 11.8 Å². The fourth-order valence-corrected chi connectivity index (χ4v) is 2.56. The van der Waals surface area contributed by atoms with Gasteiger partial charge in [-0.2, -0.15) is 0 Å². The molecule has 3 N–H and O–H groups in total. The Morgan fingerprint density at radius 2 is 1.80 bits per heavy atom. The van der Waals surface area contributed by atoms with Crippen molar-refractivity contribution in [2.24, 2.45) is 17.6 Å². The van der Waals surface area contributed by atoms with Crippen LogP contribution in [0.25, 0.3) is 0 Å². The summed E-state index contributed by atoms with van der Waals surface area (Å²) in [6.45, 7) is 12.7. The van der Waals surface area contributed by atoms with E-state index in [2.05, 4.69) is 42.9 Å². The van der Waals surface area contributed by atoms with Gasteiger partial charge in [0.25, 0.3) is 0 Å². The summed E-state index contributed by atoms with van der Waals surface area (Å²) in [6, 6.07) is -0.370. The van der Waals surface area contributed by atoms with Crippen molar-refractivity contribution >= 4 is 5.91 Å². The molecule has 0 spiro atoms. The zero-order chi connectivity index (χ0) is 15.1. The van der Waals surface area contributed by atoms with Crippen LogP contribution in [-0.2, 0) is 4.79 Å². The lowest BCUT2D eigenvalue weighted by molar-refractivity contribution is -0.122. The summed E-state index contributed by atoms with van der Waals surface area (Å²) < 4.78 is 0. The van der Waals surface area contributed by atoms with Crippen LogP contribution >= 0.6 is 0 Å². The van der Waals surface area contributed by atoms with Crippen LogP contribution < -0.4 is 11.1 Å². The Morgan fingerprint density at radius 1 is 1.20 bits per heavy atom. The van der Waals surface area contributed by atoms with Gasteiger partial charge in [0, 0.05) is 39.3 Å². The third kappa shape index (κ3) is 6.68. The fourth-order valence-electron chi connectivity index (χ4n) is 2.56. The number of hydrogen-bond acceptors (Lipinski definition) is 4. The molecule has 1 fully saturated rings. The Morgan fingerprint density at radius 3 is 2.35 bits per heavy atom. The SMILES string of the molecule is CC(C)C[C@H](N)C(=O)NCC(C)CN1CCN(C)CC1. The Bertz CT molecular complexity index is 288. The third-order valence-corrected chi connectivity index (χ3v) is 3.85. The minimum atomic E-state index is -0.370. The average Bonchev–Trinajstić information content (AvgIpc) is 2.38. The monoisotopic (exact) mass is 284 g/mol. The van der Waals surface area contributed by atoms with Crippen molar-refractivity contribution in [1.82, 2.24) is 15.1 Å². The van der Waals surface area contributed by atoms with Crippen molar-refractivity contribution in [3.05, 3.63) is 0 Å². The summed E-state index contributed by atoms with van der Waals surface area (Å²) in [4.78, 5) is 16.7. The van der Waals surface area contributed by atoms with Crippen LogP contribution in [-0.4, -0.2) is 68.1 Å². The van der Waals surface area contributed by atoms with Gasteiger partial charge in [0.05, 0.1) is 6.04 Å². The number of piperazine rings is 1. The van der Waals surface area contributed by atoms with Gasteiger partial charge in [0.2, 0.25) is 5.91 Å². The molecule has 0 radical (unpaired) electrons. The highest BCUT2D eigenvalue weighted by molar-refractivity contribution is 5.81. The normalized spacial score (nSPS) is 20.9. The van der Waals surface area contributed by atoms with E-state index in [-0.39, 0.29) is 11.9 Å². The summed E-state index contributed by atoms with van der Waals surface area (Å²) in [5.41, 5.74) is 5.88. The summed E-state index contributed by atoms with van der Waals surface area (Å²) in [6.07, 6.45) is 0.749. The average molecular weight is 284 g/mol. The second-order valence-corrected chi connectivity index (χ2v) is 6.69. The van der Waals surface area contributed by atoms with Gasteiger partial charge in [0.1, 0.15) is 0 Å². The predicted octanol–water partition coefficient (Wildman–Crippen LogP) is 0.360. The number of amides is 1. The molecular weight excluding hydrogens is 252 g/mol. The molecule has 1 heterocycles. The Labute approximate surface area is 123 Å². The lowest BCUT2D eigenvalue weighted by Gasteiger charge is -2.34. The smallest absolute Gasteiger partial charge is 0.236 e. The molecule has 5 nitrogen and oxygen atoms in total. The van der Waals surface area contributed by atoms with Gasteiger partial charge in [-0.05, 0) is 25.3 Å². The van der Waals surface area contributed by atoms with Crippen LogP contribution in [0.5, 0.6) is 0 Å². The molecule has 1 saturated heterocycles. The highest BCUT2D eigenvalue weighted by Gasteiger charge is 2.18. The topological polar surface area (TPSA) is 61.6 Å². The summed E-state index contributed by atoms with van der Waals surface area (Å²) in [5, 5.41) is 2.98. The number of likely N-dealkylation sites (N-methyl/N-ethyl adjacent to an activating group) is 1. The molecule has 0 aromatic rings. The van der Waals surface area contributed by atoms with E-state index in [0.29, 0.717) is 11.8 Å². The summed E-state index contributed by atoms with van der Waals surface area (Å²) in [5.74, 6) is 0.913. The number of nitrogens with one attached hydrogen (secondary N) is 1. The predicted molar refractivity (Wildman–Crippen MR) is 83.5 cm³/mol. The van der Waals surface area contributed by atoms with Gasteiger partial charge in [-0.15, -0.1) is 0 Å². The molecule has 2 atom stereocenters. The van der Waals surface area contributed by atoms with Crippen molar-refractivity contribution in [2.75, 3.05) is 46.3 Å². The maximum absolute atomic E-state index is 11.9. The Balaban J connectivity index is 2.19. The largest absolute Gasteiger partial charge is 0.354 e. The number of carbonyl (C=O) groups is 1. The summed E-state index contributed by atoms with van der Waals surface area (Å²) in [7, 11) is 2.16. The van der Waals surface area contributed by atoms with E-state index < -0.39 is 0 Å². The molecule has 1 aliphatic rings. The molecule has 5 heteroatoms. The van der Waals surface area contributed by atoms with Gasteiger partial charge in [-0.3, -0.25) is 4.79 Å². The number of hydrogen-bond donors (Lipinski definition) is 2. The minimum absolute atomic E-state index is 0.0103. The van der Waals surface area contributed by atoms with Crippen molar-refractivity contribution in [3.8, 4) is 0 Å². The van der Waals surface area contributed by atoms with E-state index in [1.54, 1.807) is 0 Å². The summed E-state index contributed by atoms with van der Waals surface area (Å²) >= 11 is 0. The molecule has 0 aromatic carbocycles. The van der Waals surface area contributed by atoms with Crippen molar-refractivity contribution in [2.45, 2.75) is 33.2 Å². The van der Waals surface area contributed by atoms with Crippen molar-refractivity contribution < 1.29 is 4.79 Å². The molecular formula is C15H32N4O. The molecule has 0 saturated carbocycles. The minimum Gasteiger partial charge on any atom is -0.354 e. The van der Waals surface area contributed by atoms with Gasteiger partial charge >= 0.3 is 0 Å². The fraction of sp³-hybridized carbons (Fsp3) is 0.933. The maximum atomic E-state index is 11.9. The van der Waals surface area contributed by atoms with E-state index in [4.69, 9.17) is 5.73 Å². The van der Waals surface area contributed by atoms with E-state index in [0.717, 1.165) is 45.7 Å². The van der Waals surface area contributed by atoms with Crippen LogP contribution in [0.4, 0.5) is 0 Å². The van der Waals surface area contributed by atoms with Crippen LogP contribution in [0.2, 0.25) is 0 Å². The zero-order valence-corrected chi connectivity index (χ0v) is 13.6. The number of rotatable bonds is 7. The first-order valence-electron chi connectivity index (χ1n) is 7.82. The first-order valence-corrected chi connectivity index (χ1v) is 7.82. The standard InChI is InChI=1S/C15H32N4O/c1-12(2)9-14(16)15(20)17-10-13(3)11-19-7-5-18(4)6-8-19/h12-14H,5-11,16H2,1-4H3,(H,17,20)/t13?,14-/m0/s1. The van der Waals surface area contributed by atoms with Crippen LogP contribution in [0.1, 0.15) is 27.2 Å². The Hall–Kier alpha value is -0.650. The number of nitrogens with zero attached hydrogens (tertiary/aromatic N) is 2. The first kappa shape index (κ1) is 17.4. The molecule has 1 unspecified atom stereocenters. The van der Waals surface area contributed by atoms with Gasteiger partial charge < -0.3 is 20.9 Å². The van der Waals surface area contributed by atoms with E-state index >= 15 is 0 Å². The maximum Gasteiger partial charge on any atom is 0.236 e. The number of carbonyl (C=O) groups excluding carboxylic acids is 1. The highest BCUT2D eigenvalue weighted by Crippen LogP contribution is 2.05. The number of nitrogens with two attached hydrogens (primary N) is 1. The molecule has 0 bridgehead atoms. The second-order valence-electron chi connectivity index (χ2n) is 6.69. The third-order valence-electron chi connectivity index (χ3n) is 3.85. The highest BCUT2D eigenvalue weighted by atomic mass is 16.2. The zero-order valence-electron chi connectivity index (χ0n) is 13.6. The second kappa shape index (κ2) is 8.60. The molecule has 0 aliphatic carbocycles. The molecule has 118 valence electrons. The van der Waals surface area contributed by atoms with E-state index in [9.17, 15) is 4.79 Å². The molecule has 20 heavy (non-hydrogen) atoms. The van der Waals surface area contributed by atoms with Gasteiger partial charge in [-0.1, -0.05) is 20.8 Å². The van der Waals surface area contributed by atoms with Crippen molar-refractivity contribution in [1.29, 1.82) is 0 Å². The lowest BCUT2D eigenvalue weighted by atomic mass is 10.0. The van der Waals surface area contributed by atoms with Gasteiger partial charge in [-0.25, -0.2) is 0 Å². The Kier molecular flexibility index (Phi) is 7.48. The van der Waals surface area contributed by atoms with E-state index in [1.165, 1.54) is 0 Å². The van der Waals surface area contributed by atoms with Crippen molar-refractivity contribution in [3.63, 3.8) is 0 Å². The quantitative estimate of drug-likeness (QED) is 0.709. The van der Waals surface area contributed by atoms with Crippen LogP contribution in [0.3, 0.4) is 0 Å². The van der Waals surface area contributed by atoms with E-state index in [1.807, 2.05) is 0 Å².